The molecule has 0 atom stereocenters. The monoisotopic (exact) mass is 320 g/mol. The van der Waals surface area contributed by atoms with Crippen LogP contribution in [0.5, 0.6) is 0 Å². The number of amides is 2. The predicted octanol–water partition coefficient (Wildman–Crippen LogP) is 2.55. The molecule has 0 aliphatic carbocycles. The van der Waals surface area contributed by atoms with Crippen LogP contribution in [-0.4, -0.2) is 28.8 Å². The molecule has 0 aliphatic heterocycles. The predicted molar refractivity (Wildman–Crippen MR) is 92.1 cm³/mol. The summed E-state index contributed by atoms with van der Waals surface area (Å²) in [5.41, 5.74) is 3.38. The Kier molecular flexibility index (Phi) is 4.20. The minimum Gasteiger partial charge on any atom is -0.355 e. The van der Waals surface area contributed by atoms with Crippen molar-refractivity contribution in [2.24, 2.45) is 0 Å². The maximum absolute atomic E-state index is 12.4. The molecule has 24 heavy (non-hydrogen) atoms. The van der Waals surface area contributed by atoms with E-state index in [-0.39, 0.29) is 17.5 Å². The number of benzene rings is 2. The highest BCUT2D eigenvalue weighted by Gasteiger charge is 2.14. The molecule has 0 radical (unpaired) electrons. The molecular weight excluding hydrogens is 304 g/mol. The van der Waals surface area contributed by atoms with Crippen molar-refractivity contribution in [3.63, 3.8) is 0 Å². The molecule has 0 bridgehead atoms. The Hall–Kier alpha value is -3.28. The van der Waals surface area contributed by atoms with Crippen molar-refractivity contribution < 1.29 is 9.59 Å². The summed E-state index contributed by atoms with van der Waals surface area (Å²) >= 11 is 0. The van der Waals surface area contributed by atoms with E-state index in [4.69, 9.17) is 0 Å². The van der Waals surface area contributed by atoms with Gasteiger partial charge >= 0.3 is 0 Å². The number of anilines is 1. The van der Waals surface area contributed by atoms with Crippen LogP contribution in [0.4, 0.5) is 5.69 Å². The third-order valence-corrected chi connectivity index (χ3v) is 3.73. The van der Waals surface area contributed by atoms with Crippen LogP contribution < -0.4 is 10.6 Å². The largest absolute Gasteiger partial charge is 0.355 e. The van der Waals surface area contributed by atoms with Crippen LogP contribution in [0.15, 0.2) is 48.7 Å². The van der Waals surface area contributed by atoms with Crippen LogP contribution in [0.2, 0.25) is 0 Å². The second-order valence-corrected chi connectivity index (χ2v) is 5.26. The van der Waals surface area contributed by atoms with Gasteiger partial charge in [0.05, 0.1) is 17.2 Å². The molecule has 6 nitrogen and oxygen atoms in total. The molecular formula is C18H16N4O2. The quantitative estimate of drug-likeness (QED) is 0.777. The number of rotatable bonds is 3. The average molecular weight is 320 g/mol. The second-order valence-electron chi connectivity index (χ2n) is 5.26. The first-order valence-electron chi connectivity index (χ1n) is 7.45. The van der Waals surface area contributed by atoms with Gasteiger partial charge in [-0.15, -0.1) is 0 Å². The molecule has 2 N–H and O–H groups in total. The van der Waals surface area contributed by atoms with Gasteiger partial charge in [0.15, 0.2) is 0 Å². The van der Waals surface area contributed by atoms with E-state index in [1.165, 1.54) is 6.20 Å². The summed E-state index contributed by atoms with van der Waals surface area (Å²) in [5, 5.41) is 5.37. The van der Waals surface area contributed by atoms with E-state index in [0.29, 0.717) is 22.3 Å². The number of fused-ring (bicyclic) bond motifs is 1. The minimum absolute atomic E-state index is 0.200. The Morgan fingerprint density at radius 3 is 2.46 bits per heavy atom. The van der Waals surface area contributed by atoms with Crippen LogP contribution in [0, 0.1) is 6.92 Å². The summed E-state index contributed by atoms with van der Waals surface area (Å²) in [6, 6.07) is 12.5. The zero-order chi connectivity index (χ0) is 17.1. The van der Waals surface area contributed by atoms with Gasteiger partial charge in [0.1, 0.15) is 5.69 Å². The van der Waals surface area contributed by atoms with Crippen molar-refractivity contribution in [2.45, 2.75) is 6.92 Å². The zero-order valence-electron chi connectivity index (χ0n) is 13.3. The third-order valence-electron chi connectivity index (χ3n) is 3.73. The Bertz CT molecular complexity index is 937. The molecule has 0 spiro atoms. The third kappa shape index (κ3) is 2.94. The van der Waals surface area contributed by atoms with Crippen LogP contribution >= 0.6 is 0 Å². The number of hydrogen-bond acceptors (Lipinski definition) is 4. The van der Waals surface area contributed by atoms with Gasteiger partial charge in [-0.25, -0.2) is 4.98 Å². The Labute approximate surface area is 138 Å². The SMILES string of the molecule is CNC(=O)c1cccc(NC(=O)c2cnc3ccccc3n2)c1C. The van der Waals surface area contributed by atoms with Gasteiger partial charge in [-0.1, -0.05) is 18.2 Å². The van der Waals surface area contributed by atoms with Crippen LogP contribution in [-0.2, 0) is 0 Å². The smallest absolute Gasteiger partial charge is 0.275 e. The molecule has 2 aromatic carbocycles. The van der Waals surface area contributed by atoms with Crippen molar-refractivity contribution in [1.82, 2.24) is 15.3 Å². The Morgan fingerprint density at radius 1 is 0.958 bits per heavy atom. The maximum Gasteiger partial charge on any atom is 0.275 e. The lowest BCUT2D eigenvalue weighted by Gasteiger charge is -2.11. The molecule has 0 aliphatic rings. The van der Waals surface area contributed by atoms with Crippen molar-refractivity contribution in [3.05, 3.63) is 65.5 Å². The minimum atomic E-state index is -0.370. The lowest BCUT2D eigenvalue weighted by atomic mass is 10.1. The van der Waals surface area contributed by atoms with E-state index in [0.717, 1.165) is 5.52 Å². The van der Waals surface area contributed by atoms with Crippen LogP contribution in [0.1, 0.15) is 26.4 Å². The number of carbonyl (C=O) groups is 2. The highest BCUT2D eigenvalue weighted by molar-refractivity contribution is 6.05. The van der Waals surface area contributed by atoms with Gasteiger partial charge in [-0.2, -0.15) is 0 Å². The van der Waals surface area contributed by atoms with E-state index in [1.54, 1.807) is 38.2 Å². The van der Waals surface area contributed by atoms with Crippen molar-refractivity contribution in [2.75, 3.05) is 12.4 Å². The molecule has 1 aromatic heterocycles. The highest BCUT2D eigenvalue weighted by Crippen LogP contribution is 2.20. The lowest BCUT2D eigenvalue weighted by molar-refractivity contribution is 0.0960. The first-order chi connectivity index (χ1) is 11.6. The fourth-order valence-electron chi connectivity index (χ4n) is 2.40. The summed E-state index contributed by atoms with van der Waals surface area (Å²) in [7, 11) is 1.57. The molecule has 0 fully saturated rings. The Morgan fingerprint density at radius 2 is 1.71 bits per heavy atom. The van der Waals surface area contributed by atoms with Gasteiger partial charge in [0.2, 0.25) is 0 Å². The van der Waals surface area contributed by atoms with E-state index < -0.39 is 0 Å². The number of nitrogens with zero attached hydrogens (tertiary/aromatic N) is 2. The van der Waals surface area contributed by atoms with Gasteiger partial charge in [0.25, 0.3) is 11.8 Å². The maximum atomic E-state index is 12.4. The first-order valence-corrected chi connectivity index (χ1v) is 7.45. The van der Waals surface area contributed by atoms with Crippen LogP contribution in [0.3, 0.4) is 0 Å². The molecule has 3 rings (SSSR count). The fraction of sp³-hybridized carbons (Fsp3) is 0.111. The standard InChI is InChI=1S/C18H16N4O2/c1-11-12(17(23)19-2)6-5-9-13(11)22-18(24)16-10-20-14-7-3-4-8-15(14)21-16/h3-10H,1-2H3,(H,19,23)(H,22,24). The van der Waals surface area contributed by atoms with Crippen molar-refractivity contribution >= 4 is 28.5 Å². The van der Waals surface area contributed by atoms with Crippen LogP contribution in [0.25, 0.3) is 11.0 Å². The van der Waals surface area contributed by atoms with E-state index >= 15 is 0 Å². The highest BCUT2D eigenvalue weighted by atomic mass is 16.2. The number of nitrogens with one attached hydrogen (secondary N) is 2. The molecule has 120 valence electrons. The van der Waals surface area contributed by atoms with E-state index in [1.807, 2.05) is 18.2 Å². The molecule has 6 heteroatoms. The summed E-state index contributed by atoms with van der Waals surface area (Å²) in [5.74, 6) is -0.570. The fourth-order valence-corrected chi connectivity index (χ4v) is 2.40. The van der Waals surface area contributed by atoms with Crippen molar-refractivity contribution in [1.29, 1.82) is 0 Å². The number of aromatic nitrogens is 2. The van der Waals surface area contributed by atoms with Gasteiger partial charge in [-0.3, -0.25) is 14.6 Å². The summed E-state index contributed by atoms with van der Waals surface area (Å²) in [6.07, 6.45) is 1.44. The first kappa shape index (κ1) is 15.6. The number of para-hydroxylation sites is 2. The summed E-state index contributed by atoms with van der Waals surface area (Å²) in [4.78, 5) is 32.8. The van der Waals surface area contributed by atoms with Crippen molar-refractivity contribution in [3.8, 4) is 0 Å². The number of carbonyl (C=O) groups excluding carboxylic acids is 2. The summed E-state index contributed by atoms with van der Waals surface area (Å²) in [6.45, 7) is 1.78. The molecule has 2 amide bonds. The molecule has 1 heterocycles. The lowest BCUT2D eigenvalue weighted by Crippen LogP contribution is -2.20. The molecule has 0 unspecified atom stereocenters. The second kappa shape index (κ2) is 6.45. The van der Waals surface area contributed by atoms with Gasteiger partial charge in [-0.05, 0) is 36.8 Å². The van der Waals surface area contributed by atoms with Gasteiger partial charge < -0.3 is 10.6 Å². The van der Waals surface area contributed by atoms with E-state index in [2.05, 4.69) is 20.6 Å². The summed E-state index contributed by atoms with van der Waals surface area (Å²) < 4.78 is 0. The average Bonchev–Trinajstić information content (AvgIpc) is 2.62. The van der Waals surface area contributed by atoms with Gasteiger partial charge in [0, 0.05) is 18.3 Å². The van der Waals surface area contributed by atoms with E-state index in [9.17, 15) is 9.59 Å². The molecule has 0 saturated carbocycles. The molecule has 0 saturated heterocycles. The normalized spacial score (nSPS) is 10.4. The molecule has 3 aromatic rings. The number of hydrogen-bond donors (Lipinski definition) is 2. The zero-order valence-corrected chi connectivity index (χ0v) is 13.3. The topological polar surface area (TPSA) is 84.0 Å². The Balaban J connectivity index is 1.90.